The van der Waals surface area contributed by atoms with E-state index in [2.05, 4.69) is 4.98 Å². The van der Waals surface area contributed by atoms with Gasteiger partial charge in [-0.25, -0.2) is 4.98 Å². The van der Waals surface area contributed by atoms with Gasteiger partial charge < -0.3 is 0 Å². The molecule has 2 rings (SSSR count). The van der Waals surface area contributed by atoms with Crippen molar-refractivity contribution < 1.29 is 26.3 Å². The number of pyridine rings is 1. The zero-order valence-corrected chi connectivity index (χ0v) is 9.47. The molecule has 1 aromatic heterocycles. The summed E-state index contributed by atoms with van der Waals surface area (Å²) in [5.74, 6) is 0. The summed E-state index contributed by atoms with van der Waals surface area (Å²) >= 11 is 0. The van der Waals surface area contributed by atoms with Crippen molar-refractivity contribution in [3.63, 3.8) is 0 Å². The Bertz CT molecular complexity index is 709. The minimum atomic E-state index is -4.98. The number of hydrogen-bond acceptors (Lipinski definition) is 2. The van der Waals surface area contributed by atoms with E-state index in [9.17, 15) is 26.3 Å². The average molecular weight is 290 g/mol. The molecule has 0 aliphatic heterocycles. The molecule has 0 N–H and O–H groups in total. The Morgan fingerprint density at radius 2 is 1.60 bits per heavy atom. The zero-order chi connectivity index (χ0) is 15.1. The first-order valence-electron chi connectivity index (χ1n) is 5.12. The van der Waals surface area contributed by atoms with Crippen LogP contribution in [0.25, 0.3) is 10.9 Å². The first-order valence-corrected chi connectivity index (χ1v) is 5.12. The zero-order valence-electron chi connectivity index (χ0n) is 9.47. The number of nitriles is 1. The maximum Gasteiger partial charge on any atom is 0.433 e. The number of halogens is 6. The molecular formula is C12H4F6N2. The molecular weight excluding hydrogens is 286 g/mol. The van der Waals surface area contributed by atoms with E-state index in [0.29, 0.717) is 0 Å². The predicted molar refractivity (Wildman–Crippen MR) is 56.5 cm³/mol. The second kappa shape index (κ2) is 4.37. The largest absolute Gasteiger partial charge is 0.433 e. The fourth-order valence-electron chi connectivity index (χ4n) is 1.68. The third kappa shape index (κ3) is 2.52. The van der Waals surface area contributed by atoms with Gasteiger partial charge in [-0.15, -0.1) is 0 Å². The Hall–Kier alpha value is -2.30. The van der Waals surface area contributed by atoms with Crippen LogP contribution in [-0.4, -0.2) is 4.98 Å². The van der Waals surface area contributed by atoms with Gasteiger partial charge in [-0.2, -0.15) is 31.6 Å². The van der Waals surface area contributed by atoms with E-state index in [-0.39, 0.29) is 11.6 Å². The number of hydrogen-bond donors (Lipinski definition) is 0. The molecule has 0 amide bonds. The molecule has 0 fully saturated rings. The monoisotopic (exact) mass is 290 g/mol. The fraction of sp³-hybridized carbons (Fsp3) is 0.167. The van der Waals surface area contributed by atoms with E-state index in [1.807, 2.05) is 0 Å². The van der Waals surface area contributed by atoms with Crippen molar-refractivity contribution in [3.05, 3.63) is 41.1 Å². The van der Waals surface area contributed by atoms with Crippen LogP contribution in [0, 0.1) is 11.3 Å². The number of fused-ring (bicyclic) bond motifs is 1. The highest BCUT2D eigenvalue weighted by atomic mass is 19.4. The number of aromatic nitrogens is 1. The Kier molecular flexibility index (Phi) is 3.08. The summed E-state index contributed by atoms with van der Waals surface area (Å²) < 4.78 is 76.2. The summed E-state index contributed by atoms with van der Waals surface area (Å²) in [4.78, 5) is 3.16. The van der Waals surface area contributed by atoms with Crippen molar-refractivity contribution in [2.24, 2.45) is 0 Å². The number of alkyl halides is 6. The van der Waals surface area contributed by atoms with Gasteiger partial charge in [0.05, 0.1) is 22.7 Å². The molecule has 20 heavy (non-hydrogen) atoms. The molecule has 0 unspecified atom stereocenters. The lowest BCUT2D eigenvalue weighted by molar-refractivity contribution is -0.144. The molecule has 1 heterocycles. The van der Waals surface area contributed by atoms with Gasteiger partial charge in [-0.05, 0) is 24.3 Å². The Labute approximate surface area is 108 Å². The molecule has 0 atom stereocenters. The molecule has 0 bridgehead atoms. The average Bonchev–Trinajstić information content (AvgIpc) is 2.34. The molecule has 2 aromatic rings. The van der Waals surface area contributed by atoms with Crippen molar-refractivity contribution >= 4 is 10.9 Å². The van der Waals surface area contributed by atoms with Crippen LogP contribution in [0.2, 0.25) is 0 Å². The lowest BCUT2D eigenvalue weighted by Crippen LogP contribution is -2.13. The quantitative estimate of drug-likeness (QED) is 0.683. The third-order valence-corrected chi connectivity index (χ3v) is 2.53. The third-order valence-electron chi connectivity index (χ3n) is 2.53. The highest BCUT2D eigenvalue weighted by Gasteiger charge is 2.39. The number of nitrogens with zero attached hydrogens (tertiary/aromatic N) is 2. The topological polar surface area (TPSA) is 36.7 Å². The van der Waals surface area contributed by atoms with Crippen LogP contribution in [0.3, 0.4) is 0 Å². The van der Waals surface area contributed by atoms with Crippen LogP contribution in [0.1, 0.15) is 16.8 Å². The van der Waals surface area contributed by atoms with Crippen LogP contribution in [0.5, 0.6) is 0 Å². The molecule has 0 radical (unpaired) electrons. The van der Waals surface area contributed by atoms with Gasteiger partial charge in [0.1, 0.15) is 5.69 Å². The summed E-state index contributed by atoms with van der Waals surface area (Å²) in [7, 11) is 0. The molecule has 2 nitrogen and oxygen atoms in total. The van der Waals surface area contributed by atoms with Gasteiger partial charge in [0, 0.05) is 5.39 Å². The Morgan fingerprint density at radius 1 is 0.950 bits per heavy atom. The molecule has 0 spiro atoms. The van der Waals surface area contributed by atoms with Gasteiger partial charge in [0.25, 0.3) is 0 Å². The molecule has 8 heteroatoms. The second-order valence-corrected chi connectivity index (χ2v) is 3.89. The van der Waals surface area contributed by atoms with E-state index in [0.717, 1.165) is 18.2 Å². The van der Waals surface area contributed by atoms with E-state index in [1.54, 1.807) is 6.07 Å². The predicted octanol–water partition coefficient (Wildman–Crippen LogP) is 4.14. The van der Waals surface area contributed by atoms with Gasteiger partial charge >= 0.3 is 12.4 Å². The maximum atomic E-state index is 12.8. The van der Waals surface area contributed by atoms with Crippen molar-refractivity contribution in [2.45, 2.75) is 12.4 Å². The first kappa shape index (κ1) is 14.1. The summed E-state index contributed by atoms with van der Waals surface area (Å²) in [6.07, 6.45) is -9.96. The minimum Gasteiger partial charge on any atom is -0.243 e. The van der Waals surface area contributed by atoms with Crippen LogP contribution >= 0.6 is 0 Å². The Balaban J connectivity index is 2.86. The molecule has 1 aromatic carbocycles. The van der Waals surface area contributed by atoms with Crippen molar-refractivity contribution in [1.82, 2.24) is 4.98 Å². The maximum absolute atomic E-state index is 12.8. The lowest BCUT2D eigenvalue weighted by Gasteiger charge is -2.14. The second-order valence-electron chi connectivity index (χ2n) is 3.89. The minimum absolute atomic E-state index is 0.0521. The van der Waals surface area contributed by atoms with E-state index in [1.165, 1.54) is 0 Å². The Morgan fingerprint density at radius 3 is 2.10 bits per heavy atom. The van der Waals surface area contributed by atoms with Crippen molar-refractivity contribution in [1.29, 1.82) is 5.26 Å². The highest BCUT2D eigenvalue weighted by Crippen LogP contribution is 2.38. The molecule has 0 aliphatic carbocycles. The molecule has 0 saturated heterocycles. The van der Waals surface area contributed by atoms with Crippen LogP contribution in [0.15, 0.2) is 24.3 Å². The van der Waals surface area contributed by atoms with Gasteiger partial charge in [0.2, 0.25) is 0 Å². The van der Waals surface area contributed by atoms with Gasteiger partial charge in [-0.3, -0.25) is 0 Å². The molecule has 104 valence electrons. The van der Waals surface area contributed by atoms with E-state index < -0.39 is 34.5 Å². The van der Waals surface area contributed by atoms with Crippen LogP contribution < -0.4 is 0 Å². The van der Waals surface area contributed by atoms with Gasteiger partial charge in [-0.1, -0.05) is 0 Å². The standard InChI is InChI=1S/C12H4F6N2/c13-11(14,15)8-4-10(12(16,17)18)20-9-2-1-6(5-19)3-7(8)9/h1-4H. The van der Waals surface area contributed by atoms with Crippen LogP contribution in [-0.2, 0) is 12.4 Å². The van der Waals surface area contributed by atoms with Crippen molar-refractivity contribution in [3.8, 4) is 6.07 Å². The summed E-state index contributed by atoms with van der Waals surface area (Å²) in [6.45, 7) is 0. The van der Waals surface area contributed by atoms with Crippen molar-refractivity contribution in [2.75, 3.05) is 0 Å². The lowest BCUT2D eigenvalue weighted by atomic mass is 10.0. The molecule has 0 saturated carbocycles. The summed E-state index contributed by atoms with van der Waals surface area (Å²) in [5.41, 5.74) is -3.65. The highest BCUT2D eigenvalue weighted by molar-refractivity contribution is 5.84. The van der Waals surface area contributed by atoms with E-state index >= 15 is 0 Å². The number of rotatable bonds is 0. The smallest absolute Gasteiger partial charge is 0.243 e. The summed E-state index contributed by atoms with van der Waals surface area (Å²) in [6, 6.07) is 4.50. The fourth-order valence-corrected chi connectivity index (χ4v) is 1.68. The van der Waals surface area contributed by atoms with Gasteiger partial charge in [0.15, 0.2) is 0 Å². The molecule has 0 aliphatic rings. The normalized spacial score (nSPS) is 12.4. The SMILES string of the molecule is N#Cc1ccc2nc(C(F)(F)F)cc(C(F)(F)F)c2c1. The first-order chi connectivity index (χ1) is 9.13. The van der Waals surface area contributed by atoms with Crippen LogP contribution in [0.4, 0.5) is 26.3 Å². The summed E-state index contributed by atoms with van der Waals surface area (Å²) in [5, 5.41) is 8.11. The van der Waals surface area contributed by atoms with E-state index in [4.69, 9.17) is 5.26 Å². The number of benzene rings is 1.